The number of rotatable bonds is 6. The SMILES string of the molecule is CCCC(C)NC(=O)C(C)Oc1ccccc1O. The minimum atomic E-state index is -0.627. The number of phenolic OH excluding ortho intramolecular Hbond substituents is 1. The highest BCUT2D eigenvalue weighted by molar-refractivity contribution is 5.81. The molecule has 0 aliphatic heterocycles. The Hall–Kier alpha value is -1.71. The van der Waals surface area contributed by atoms with Gasteiger partial charge >= 0.3 is 0 Å². The summed E-state index contributed by atoms with van der Waals surface area (Å²) in [5.74, 6) is 0.196. The molecule has 4 heteroatoms. The van der Waals surface area contributed by atoms with Crippen LogP contribution in [0.5, 0.6) is 11.5 Å². The van der Waals surface area contributed by atoms with Crippen LogP contribution in [0.15, 0.2) is 24.3 Å². The number of carbonyl (C=O) groups is 1. The van der Waals surface area contributed by atoms with Gasteiger partial charge in [0, 0.05) is 6.04 Å². The molecule has 2 atom stereocenters. The van der Waals surface area contributed by atoms with Gasteiger partial charge in [-0.2, -0.15) is 0 Å². The van der Waals surface area contributed by atoms with Gasteiger partial charge in [0.25, 0.3) is 5.91 Å². The number of ether oxygens (including phenoxy) is 1. The number of benzene rings is 1. The lowest BCUT2D eigenvalue weighted by molar-refractivity contribution is -0.127. The van der Waals surface area contributed by atoms with Crippen molar-refractivity contribution >= 4 is 5.91 Å². The maximum atomic E-state index is 11.8. The molecule has 18 heavy (non-hydrogen) atoms. The van der Waals surface area contributed by atoms with E-state index in [1.165, 1.54) is 6.07 Å². The maximum absolute atomic E-state index is 11.8. The Morgan fingerprint density at radius 1 is 1.39 bits per heavy atom. The molecule has 100 valence electrons. The van der Waals surface area contributed by atoms with Gasteiger partial charge in [0.1, 0.15) is 0 Å². The van der Waals surface area contributed by atoms with Gasteiger partial charge in [-0.1, -0.05) is 25.5 Å². The summed E-state index contributed by atoms with van der Waals surface area (Å²) in [6, 6.07) is 6.75. The first-order valence-electron chi connectivity index (χ1n) is 6.29. The Morgan fingerprint density at radius 3 is 2.67 bits per heavy atom. The number of hydrogen-bond donors (Lipinski definition) is 2. The third-order valence-electron chi connectivity index (χ3n) is 2.65. The number of para-hydroxylation sites is 2. The van der Waals surface area contributed by atoms with Crippen molar-refractivity contribution in [3.8, 4) is 11.5 Å². The third kappa shape index (κ3) is 4.28. The molecule has 0 spiro atoms. The third-order valence-corrected chi connectivity index (χ3v) is 2.65. The predicted octanol–water partition coefficient (Wildman–Crippen LogP) is 2.46. The average molecular weight is 251 g/mol. The maximum Gasteiger partial charge on any atom is 0.260 e. The zero-order chi connectivity index (χ0) is 13.5. The molecular formula is C14H21NO3. The molecule has 0 fully saturated rings. The van der Waals surface area contributed by atoms with Crippen molar-refractivity contribution in [2.75, 3.05) is 0 Å². The fourth-order valence-electron chi connectivity index (χ4n) is 1.67. The van der Waals surface area contributed by atoms with E-state index in [1.54, 1.807) is 25.1 Å². The average Bonchev–Trinajstić information content (AvgIpc) is 2.32. The largest absolute Gasteiger partial charge is 0.504 e. The minimum Gasteiger partial charge on any atom is -0.504 e. The second kappa shape index (κ2) is 6.89. The van der Waals surface area contributed by atoms with Gasteiger partial charge in [-0.3, -0.25) is 4.79 Å². The highest BCUT2D eigenvalue weighted by Crippen LogP contribution is 2.25. The summed E-state index contributed by atoms with van der Waals surface area (Å²) in [6.45, 7) is 5.71. The van der Waals surface area contributed by atoms with Crippen molar-refractivity contribution < 1.29 is 14.6 Å². The Balaban J connectivity index is 2.52. The first-order valence-corrected chi connectivity index (χ1v) is 6.29. The highest BCUT2D eigenvalue weighted by Gasteiger charge is 2.17. The van der Waals surface area contributed by atoms with Crippen LogP contribution in [0, 0.1) is 0 Å². The van der Waals surface area contributed by atoms with Crippen LogP contribution < -0.4 is 10.1 Å². The van der Waals surface area contributed by atoms with Crippen LogP contribution >= 0.6 is 0 Å². The molecule has 0 saturated carbocycles. The molecule has 1 aromatic rings. The molecule has 1 aromatic carbocycles. The van der Waals surface area contributed by atoms with Crippen molar-refractivity contribution in [3.05, 3.63) is 24.3 Å². The summed E-state index contributed by atoms with van der Waals surface area (Å²) in [5.41, 5.74) is 0. The van der Waals surface area contributed by atoms with E-state index < -0.39 is 6.10 Å². The molecule has 1 amide bonds. The topological polar surface area (TPSA) is 58.6 Å². The number of carbonyl (C=O) groups excluding carboxylic acids is 1. The van der Waals surface area contributed by atoms with Crippen LogP contribution in [0.25, 0.3) is 0 Å². The molecule has 0 aliphatic rings. The molecule has 0 radical (unpaired) electrons. The first kappa shape index (κ1) is 14.4. The number of phenols is 1. The summed E-state index contributed by atoms with van der Waals surface area (Å²) >= 11 is 0. The Labute approximate surface area is 108 Å². The van der Waals surface area contributed by atoms with Gasteiger partial charge in [-0.25, -0.2) is 0 Å². The lowest BCUT2D eigenvalue weighted by Crippen LogP contribution is -2.41. The Bertz CT molecular complexity index is 392. The quantitative estimate of drug-likeness (QED) is 0.816. The van der Waals surface area contributed by atoms with E-state index in [2.05, 4.69) is 12.2 Å². The molecule has 2 unspecified atom stereocenters. The monoisotopic (exact) mass is 251 g/mol. The standard InChI is InChI=1S/C14H21NO3/c1-4-7-10(2)15-14(17)11(3)18-13-9-6-5-8-12(13)16/h5-6,8-11,16H,4,7H2,1-3H3,(H,15,17). The smallest absolute Gasteiger partial charge is 0.260 e. The summed E-state index contributed by atoms with van der Waals surface area (Å²) in [7, 11) is 0. The van der Waals surface area contributed by atoms with Gasteiger partial charge in [0.05, 0.1) is 0 Å². The van der Waals surface area contributed by atoms with Crippen molar-refractivity contribution in [2.45, 2.75) is 45.8 Å². The molecule has 0 heterocycles. The second-order valence-electron chi connectivity index (χ2n) is 4.43. The van der Waals surface area contributed by atoms with Crippen LogP contribution in [-0.4, -0.2) is 23.2 Å². The van der Waals surface area contributed by atoms with E-state index in [9.17, 15) is 9.90 Å². The number of aromatic hydroxyl groups is 1. The van der Waals surface area contributed by atoms with Gasteiger partial charge < -0.3 is 15.2 Å². The zero-order valence-corrected chi connectivity index (χ0v) is 11.1. The molecule has 2 N–H and O–H groups in total. The van der Waals surface area contributed by atoms with Gasteiger partial charge in [-0.05, 0) is 32.4 Å². The van der Waals surface area contributed by atoms with Gasteiger partial charge in [0.15, 0.2) is 17.6 Å². The van der Waals surface area contributed by atoms with Gasteiger partial charge in [-0.15, -0.1) is 0 Å². The fraction of sp³-hybridized carbons (Fsp3) is 0.500. The highest BCUT2D eigenvalue weighted by atomic mass is 16.5. The van der Waals surface area contributed by atoms with E-state index in [4.69, 9.17) is 4.74 Å². The lowest BCUT2D eigenvalue weighted by Gasteiger charge is -2.18. The molecular weight excluding hydrogens is 230 g/mol. The second-order valence-corrected chi connectivity index (χ2v) is 4.43. The van der Waals surface area contributed by atoms with Crippen LogP contribution in [0.4, 0.5) is 0 Å². The van der Waals surface area contributed by atoms with Crippen molar-refractivity contribution in [1.82, 2.24) is 5.32 Å². The molecule has 4 nitrogen and oxygen atoms in total. The lowest BCUT2D eigenvalue weighted by atomic mass is 10.2. The predicted molar refractivity (Wildman–Crippen MR) is 70.7 cm³/mol. The van der Waals surface area contributed by atoms with Gasteiger partial charge in [0.2, 0.25) is 0 Å². The van der Waals surface area contributed by atoms with Crippen molar-refractivity contribution in [1.29, 1.82) is 0 Å². The normalized spacial score (nSPS) is 13.7. The number of amides is 1. The van der Waals surface area contributed by atoms with Crippen LogP contribution in [0.3, 0.4) is 0 Å². The van der Waals surface area contributed by atoms with Crippen molar-refractivity contribution in [2.24, 2.45) is 0 Å². The minimum absolute atomic E-state index is 0.0405. The molecule has 1 rings (SSSR count). The Kier molecular flexibility index (Phi) is 5.49. The zero-order valence-electron chi connectivity index (χ0n) is 11.1. The van der Waals surface area contributed by atoms with Crippen LogP contribution in [0.2, 0.25) is 0 Å². The van der Waals surface area contributed by atoms with Crippen LogP contribution in [-0.2, 0) is 4.79 Å². The van der Waals surface area contributed by atoms with Crippen molar-refractivity contribution in [3.63, 3.8) is 0 Å². The van der Waals surface area contributed by atoms with E-state index in [-0.39, 0.29) is 17.7 Å². The molecule has 0 bridgehead atoms. The van der Waals surface area contributed by atoms with E-state index in [0.717, 1.165) is 12.8 Å². The number of nitrogens with one attached hydrogen (secondary N) is 1. The molecule has 0 aliphatic carbocycles. The summed E-state index contributed by atoms with van der Waals surface area (Å²) in [6.07, 6.45) is 1.34. The Morgan fingerprint density at radius 2 is 2.06 bits per heavy atom. The summed E-state index contributed by atoms with van der Waals surface area (Å²) in [4.78, 5) is 11.8. The fourth-order valence-corrected chi connectivity index (χ4v) is 1.67. The van der Waals surface area contributed by atoms with E-state index in [1.807, 2.05) is 6.92 Å². The summed E-state index contributed by atoms with van der Waals surface area (Å²) in [5, 5.41) is 12.4. The molecule has 0 saturated heterocycles. The van der Waals surface area contributed by atoms with Crippen LogP contribution in [0.1, 0.15) is 33.6 Å². The van der Waals surface area contributed by atoms with E-state index >= 15 is 0 Å². The first-order chi connectivity index (χ1) is 8.54. The number of hydrogen-bond acceptors (Lipinski definition) is 3. The molecule has 0 aromatic heterocycles. The summed E-state index contributed by atoms with van der Waals surface area (Å²) < 4.78 is 5.42. The van der Waals surface area contributed by atoms with E-state index in [0.29, 0.717) is 5.75 Å².